The van der Waals surface area contributed by atoms with E-state index in [1.807, 2.05) is 4.90 Å². The molecule has 2 N–H and O–H groups in total. The van der Waals surface area contributed by atoms with Crippen LogP contribution in [0.15, 0.2) is 18.2 Å². The predicted molar refractivity (Wildman–Crippen MR) is 63.0 cm³/mol. The SMILES string of the molecule is OC[C@H]1CCCN1C[C@H](O)c1ccc(F)cc1F. The van der Waals surface area contributed by atoms with Crippen LogP contribution in [0.5, 0.6) is 0 Å². The van der Waals surface area contributed by atoms with E-state index in [1.165, 1.54) is 6.07 Å². The van der Waals surface area contributed by atoms with Crippen molar-refractivity contribution in [2.75, 3.05) is 19.7 Å². The number of hydrogen-bond donors (Lipinski definition) is 2. The number of hydrogen-bond acceptors (Lipinski definition) is 3. The number of β-amino-alcohol motifs (C(OH)–C–C–N with tert-alkyl or cyclic N) is 1. The van der Waals surface area contributed by atoms with Crippen molar-refractivity contribution >= 4 is 0 Å². The number of rotatable bonds is 4. The third-order valence-corrected chi connectivity index (χ3v) is 3.44. The topological polar surface area (TPSA) is 43.7 Å². The summed E-state index contributed by atoms with van der Waals surface area (Å²) >= 11 is 0. The lowest BCUT2D eigenvalue weighted by Crippen LogP contribution is -2.35. The van der Waals surface area contributed by atoms with Crippen LogP contribution in [0.3, 0.4) is 0 Å². The Kier molecular flexibility index (Phi) is 4.27. The number of halogens is 2. The molecule has 100 valence electrons. The third-order valence-electron chi connectivity index (χ3n) is 3.44. The van der Waals surface area contributed by atoms with Gasteiger partial charge in [0.05, 0.1) is 12.7 Å². The molecular formula is C13H17F2NO2. The molecule has 18 heavy (non-hydrogen) atoms. The molecule has 1 heterocycles. The summed E-state index contributed by atoms with van der Waals surface area (Å²) in [4.78, 5) is 1.94. The Bertz CT molecular complexity index is 414. The van der Waals surface area contributed by atoms with Gasteiger partial charge in [0, 0.05) is 24.2 Å². The molecule has 2 rings (SSSR count). The molecule has 1 aromatic carbocycles. The van der Waals surface area contributed by atoms with Crippen LogP contribution < -0.4 is 0 Å². The predicted octanol–water partition coefficient (Wildman–Crippen LogP) is 1.45. The minimum atomic E-state index is -1.00. The fraction of sp³-hybridized carbons (Fsp3) is 0.538. The van der Waals surface area contributed by atoms with Crippen molar-refractivity contribution in [1.29, 1.82) is 0 Å². The van der Waals surface area contributed by atoms with E-state index in [0.717, 1.165) is 31.5 Å². The van der Waals surface area contributed by atoms with Crippen LogP contribution >= 0.6 is 0 Å². The smallest absolute Gasteiger partial charge is 0.131 e. The van der Waals surface area contributed by atoms with E-state index < -0.39 is 17.7 Å². The van der Waals surface area contributed by atoms with Gasteiger partial charge in [0.2, 0.25) is 0 Å². The normalized spacial score (nSPS) is 22.3. The van der Waals surface area contributed by atoms with Crippen LogP contribution in [-0.4, -0.2) is 40.9 Å². The van der Waals surface area contributed by atoms with Crippen molar-refractivity contribution in [2.45, 2.75) is 25.0 Å². The summed E-state index contributed by atoms with van der Waals surface area (Å²) in [6.45, 7) is 1.08. The standard InChI is InChI=1S/C13H17F2NO2/c14-9-3-4-11(12(15)6-9)13(18)7-16-5-1-2-10(16)8-17/h3-4,6,10,13,17-18H,1-2,5,7-8H2/t10-,13+/m1/s1. The lowest BCUT2D eigenvalue weighted by atomic mass is 10.1. The number of aliphatic hydroxyl groups is 2. The van der Waals surface area contributed by atoms with E-state index in [2.05, 4.69) is 0 Å². The molecule has 3 nitrogen and oxygen atoms in total. The zero-order valence-electron chi connectivity index (χ0n) is 10.0. The van der Waals surface area contributed by atoms with Crippen molar-refractivity contribution in [3.05, 3.63) is 35.4 Å². The maximum atomic E-state index is 13.5. The number of benzene rings is 1. The van der Waals surface area contributed by atoms with Gasteiger partial charge in [-0.2, -0.15) is 0 Å². The highest BCUT2D eigenvalue weighted by Gasteiger charge is 2.26. The third kappa shape index (κ3) is 2.85. The maximum Gasteiger partial charge on any atom is 0.131 e. The molecule has 0 aromatic heterocycles. The molecule has 5 heteroatoms. The second-order valence-electron chi connectivity index (χ2n) is 4.66. The molecule has 1 aromatic rings. The lowest BCUT2D eigenvalue weighted by molar-refractivity contribution is 0.0830. The average molecular weight is 257 g/mol. The largest absolute Gasteiger partial charge is 0.395 e. The van der Waals surface area contributed by atoms with Gasteiger partial charge in [-0.05, 0) is 25.5 Å². The Morgan fingerprint density at radius 1 is 1.39 bits per heavy atom. The first-order valence-electron chi connectivity index (χ1n) is 6.09. The molecule has 0 saturated carbocycles. The molecule has 0 radical (unpaired) electrons. The Hall–Kier alpha value is -1.04. The Balaban J connectivity index is 2.05. The van der Waals surface area contributed by atoms with Gasteiger partial charge in [-0.3, -0.25) is 4.90 Å². The summed E-state index contributed by atoms with van der Waals surface area (Å²) in [6, 6.07) is 3.20. The van der Waals surface area contributed by atoms with Crippen molar-refractivity contribution in [1.82, 2.24) is 4.90 Å². The van der Waals surface area contributed by atoms with Gasteiger partial charge >= 0.3 is 0 Å². The molecule has 0 unspecified atom stereocenters. The van der Waals surface area contributed by atoms with Crippen LogP contribution in [0.25, 0.3) is 0 Å². The van der Waals surface area contributed by atoms with E-state index in [-0.39, 0.29) is 24.8 Å². The van der Waals surface area contributed by atoms with Gasteiger partial charge in [0.1, 0.15) is 11.6 Å². The number of likely N-dealkylation sites (tertiary alicyclic amines) is 1. The first kappa shape index (κ1) is 13.4. The summed E-state index contributed by atoms with van der Waals surface area (Å²) < 4.78 is 26.3. The second kappa shape index (κ2) is 5.73. The van der Waals surface area contributed by atoms with E-state index in [4.69, 9.17) is 5.11 Å². The van der Waals surface area contributed by atoms with E-state index in [1.54, 1.807) is 0 Å². The van der Waals surface area contributed by atoms with Crippen molar-refractivity contribution < 1.29 is 19.0 Å². The van der Waals surface area contributed by atoms with Gasteiger partial charge in [0.15, 0.2) is 0 Å². The van der Waals surface area contributed by atoms with E-state index in [9.17, 15) is 13.9 Å². The highest BCUT2D eigenvalue weighted by Crippen LogP contribution is 2.23. The van der Waals surface area contributed by atoms with Crippen molar-refractivity contribution in [2.24, 2.45) is 0 Å². The van der Waals surface area contributed by atoms with Crippen LogP contribution in [0.1, 0.15) is 24.5 Å². The second-order valence-corrected chi connectivity index (χ2v) is 4.66. The minimum Gasteiger partial charge on any atom is -0.395 e. The molecule has 1 saturated heterocycles. The summed E-state index contributed by atoms with van der Waals surface area (Å²) in [5.41, 5.74) is 0.0972. The molecule has 0 spiro atoms. The average Bonchev–Trinajstić information content (AvgIpc) is 2.76. The zero-order chi connectivity index (χ0) is 13.1. The first-order chi connectivity index (χ1) is 8.61. The molecule has 2 atom stereocenters. The van der Waals surface area contributed by atoms with Gasteiger partial charge in [-0.25, -0.2) is 8.78 Å². The molecule has 1 fully saturated rings. The van der Waals surface area contributed by atoms with Crippen molar-refractivity contribution in [3.8, 4) is 0 Å². The van der Waals surface area contributed by atoms with Gasteiger partial charge in [0.25, 0.3) is 0 Å². The maximum absolute atomic E-state index is 13.5. The van der Waals surface area contributed by atoms with Crippen LogP contribution in [0, 0.1) is 11.6 Å². The summed E-state index contributed by atoms with van der Waals surface area (Å²) in [6.07, 6.45) is 0.844. The zero-order valence-corrected chi connectivity index (χ0v) is 10.0. The van der Waals surface area contributed by atoms with Crippen LogP contribution in [-0.2, 0) is 0 Å². The Morgan fingerprint density at radius 3 is 2.83 bits per heavy atom. The highest BCUT2D eigenvalue weighted by molar-refractivity contribution is 5.21. The Morgan fingerprint density at radius 2 is 2.17 bits per heavy atom. The van der Waals surface area contributed by atoms with Gasteiger partial charge < -0.3 is 10.2 Å². The quantitative estimate of drug-likeness (QED) is 0.858. The lowest BCUT2D eigenvalue weighted by Gasteiger charge is -2.25. The van der Waals surface area contributed by atoms with Gasteiger partial charge in [-0.15, -0.1) is 0 Å². The van der Waals surface area contributed by atoms with E-state index >= 15 is 0 Å². The van der Waals surface area contributed by atoms with Crippen molar-refractivity contribution in [3.63, 3.8) is 0 Å². The van der Waals surface area contributed by atoms with Crippen LogP contribution in [0.4, 0.5) is 8.78 Å². The number of nitrogens with zero attached hydrogens (tertiary/aromatic N) is 1. The van der Waals surface area contributed by atoms with Crippen LogP contribution in [0.2, 0.25) is 0 Å². The molecule has 1 aliphatic heterocycles. The molecular weight excluding hydrogens is 240 g/mol. The fourth-order valence-corrected chi connectivity index (χ4v) is 2.43. The van der Waals surface area contributed by atoms with E-state index in [0.29, 0.717) is 0 Å². The molecule has 1 aliphatic rings. The highest BCUT2D eigenvalue weighted by atomic mass is 19.1. The molecule has 0 bridgehead atoms. The van der Waals surface area contributed by atoms with Gasteiger partial charge in [-0.1, -0.05) is 6.07 Å². The summed E-state index contributed by atoms with van der Waals surface area (Å²) in [5, 5.41) is 19.1. The fourth-order valence-electron chi connectivity index (χ4n) is 2.43. The minimum absolute atomic E-state index is 0.0307. The summed E-state index contributed by atoms with van der Waals surface area (Å²) in [5.74, 6) is -1.39. The number of aliphatic hydroxyl groups excluding tert-OH is 2. The Labute approximate surface area is 105 Å². The molecule has 0 amide bonds. The first-order valence-corrected chi connectivity index (χ1v) is 6.09. The molecule has 0 aliphatic carbocycles. The summed E-state index contributed by atoms with van der Waals surface area (Å²) in [7, 11) is 0. The monoisotopic (exact) mass is 257 g/mol.